The highest BCUT2D eigenvalue weighted by molar-refractivity contribution is 5.89. The number of nitrogens with zero attached hydrogens (tertiary/aromatic N) is 5. The molecule has 0 bridgehead atoms. The Morgan fingerprint density at radius 3 is 2.50 bits per heavy atom. The molecule has 0 saturated carbocycles. The number of aromatic nitrogens is 4. The summed E-state index contributed by atoms with van der Waals surface area (Å²) in [5.41, 5.74) is -0.130. The monoisotopic (exact) mass is 494 g/mol. The van der Waals surface area contributed by atoms with E-state index in [-0.39, 0.29) is 18.9 Å². The lowest BCUT2D eigenvalue weighted by molar-refractivity contribution is -0.143. The average Bonchev–Trinajstić information content (AvgIpc) is 3.56. The zero-order valence-electron chi connectivity index (χ0n) is 20.4. The van der Waals surface area contributed by atoms with Gasteiger partial charge in [0.05, 0.1) is 12.8 Å². The summed E-state index contributed by atoms with van der Waals surface area (Å²) in [7, 11) is 0. The summed E-state index contributed by atoms with van der Waals surface area (Å²) in [5.74, 6) is 0.467. The number of carbonyl (C=O) groups is 2. The van der Waals surface area contributed by atoms with Crippen molar-refractivity contribution in [3.8, 4) is 11.6 Å². The maximum Gasteiger partial charge on any atom is 0.247 e. The smallest absolute Gasteiger partial charge is 0.247 e. The van der Waals surface area contributed by atoms with Crippen LogP contribution >= 0.6 is 0 Å². The quantitative estimate of drug-likeness (QED) is 0.397. The Morgan fingerprint density at radius 2 is 1.89 bits per heavy atom. The molecule has 36 heavy (non-hydrogen) atoms. The van der Waals surface area contributed by atoms with Crippen molar-refractivity contribution in [2.45, 2.75) is 52.4 Å². The molecule has 0 radical (unpaired) electrons. The van der Waals surface area contributed by atoms with Gasteiger partial charge in [-0.05, 0) is 74.9 Å². The number of hydrogen-bond acceptors (Lipinski definition) is 7. The summed E-state index contributed by atoms with van der Waals surface area (Å²) in [6, 6.07) is 11.3. The highest BCUT2D eigenvalue weighted by Crippen LogP contribution is 2.26. The van der Waals surface area contributed by atoms with Gasteiger partial charge in [-0.2, -0.15) is 4.80 Å². The molecule has 1 aromatic carbocycles. The maximum absolute atomic E-state index is 13.7. The SMILES string of the molecule is Cc1ccc(-c2nnn(CC(=O)N(Cc3ccco3)[C@H](C(=O)NC(C)(C)C)c3ccc(F)cc3)n2)o1. The van der Waals surface area contributed by atoms with Crippen LogP contribution in [0.1, 0.15) is 43.9 Å². The summed E-state index contributed by atoms with van der Waals surface area (Å²) in [6.45, 7) is 6.99. The van der Waals surface area contributed by atoms with E-state index in [2.05, 4.69) is 20.7 Å². The molecular formula is C25H27FN6O4. The molecule has 0 saturated heterocycles. The molecule has 10 nitrogen and oxygen atoms in total. The molecule has 3 aromatic heterocycles. The fourth-order valence-electron chi connectivity index (χ4n) is 3.63. The molecule has 4 rings (SSSR count). The Labute approximate surface area is 207 Å². The minimum atomic E-state index is -1.07. The molecule has 0 aliphatic rings. The number of amides is 2. The third kappa shape index (κ3) is 6.04. The van der Waals surface area contributed by atoms with Crippen LogP contribution in [-0.4, -0.2) is 42.5 Å². The van der Waals surface area contributed by atoms with Crippen LogP contribution in [-0.2, 0) is 22.7 Å². The number of furan rings is 2. The van der Waals surface area contributed by atoms with Crippen molar-refractivity contribution in [3.63, 3.8) is 0 Å². The highest BCUT2D eigenvalue weighted by atomic mass is 19.1. The van der Waals surface area contributed by atoms with Crippen molar-refractivity contribution in [2.24, 2.45) is 0 Å². The number of carbonyl (C=O) groups excluding carboxylic acids is 2. The van der Waals surface area contributed by atoms with Crippen molar-refractivity contribution < 1.29 is 22.8 Å². The topological polar surface area (TPSA) is 119 Å². The lowest BCUT2D eigenvalue weighted by atomic mass is 10.0. The Hall–Kier alpha value is -4.28. The molecule has 0 aliphatic heterocycles. The van der Waals surface area contributed by atoms with Crippen molar-refractivity contribution in [1.82, 2.24) is 30.4 Å². The Balaban J connectivity index is 1.67. The molecule has 4 aromatic rings. The van der Waals surface area contributed by atoms with Crippen molar-refractivity contribution in [2.75, 3.05) is 0 Å². The van der Waals surface area contributed by atoms with Crippen LogP contribution in [0.25, 0.3) is 11.6 Å². The first-order valence-electron chi connectivity index (χ1n) is 11.3. The van der Waals surface area contributed by atoms with Gasteiger partial charge < -0.3 is 19.1 Å². The van der Waals surface area contributed by atoms with Gasteiger partial charge in [0.2, 0.25) is 17.6 Å². The number of benzene rings is 1. The molecule has 0 spiro atoms. The summed E-state index contributed by atoms with van der Waals surface area (Å²) in [5, 5.41) is 15.1. The van der Waals surface area contributed by atoms with Crippen LogP contribution in [0, 0.1) is 12.7 Å². The van der Waals surface area contributed by atoms with E-state index in [0.29, 0.717) is 22.8 Å². The van der Waals surface area contributed by atoms with Gasteiger partial charge in [0.15, 0.2) is 5.76 Å². The van der Waals surface area contributed by atoms with Gasteiger partial charge in [0.25, 0.3) is 0 Å². The van der Waals surface area contributed by atoms with E-state index >= 15 is 0 Å². The summed E-state index contributed by atoms with van der Waals surface area (Å²) < 4.78 is 24.7. The standard InChI is InChI=1S/C25H27FN6O4/c1-16-7-12-20(36-16)23-28-30-32(29-23)15-21(33)31(14-19-6-5-13-35-19)22(24(34)27-25(2,3)4)17-8-10-18(26)11-9-17/h5-13,22H,14-15H2,1-4H3,(H,27,34)/t22-/m0/s1. The first-order valence-corrected chi connectivity index (χ1v) is 11.3. The predicted octanol–water partition coefficient (Wildman–Crippen LogP) is 3.66. The molecule has 2 amide bonds. The van der Waals surface area contributed by atoms with Gasteiger partial charge in [-0.15, -0.1) is 10.2 Å². The van der Waals surface area contributed by atoms with E-state index in [0.717, 1.165) is 4.80 Å². The van der Waals surface area contributed by atoms with Gasteiger partial charge in [-0.3, -0.25) is 9.59 Å². The lowest BCUT2D eigenvalue weighted by Gasteiger charge is -2.33. The van der Waals surface area contributed by atoms with E-state index < -0.39 is 29.2 Å². The second-order valence-corrected chi connectivity index (χ2v) is 9.35. The van der Waals surface area contributed by atoms with Gasteiger partial charge >= 0.3 is 0 Å². The van der Waals surface area contributed by atoms with Crippen LogP contribution in [0.3, 0.4) is 0 Å². The zero-order chi connectivity index (χ0) is 25.9. The normalized spacial score (nSPS) is 12.4. The van der Waals surface area contributed by atoms with Crippen LogP contribution in [0.15, 0.2) is 63.6 Å². The molecule has 1 N–H and O–H groups in total. The van der Waals surface area contributed by atoms with Crippen molar-refractivity contribution in [1.29, 1.82) is 0 Å². The van der Waals surface area contributed by atoms with E-state index in [1.54, 1.807) is 31.2 Å². The second kappa shape index (κ2) is 10.1. The molecule has 188 valence electrons. The third-order valence-electron chi connectivity index (χ3n) is 5.16. The van der Waals surface area contributed by atoms with Crippen LogP contribution < -0.4 is 5.32 Å². The predicted molar refractivity (Wildman–Crippen MR) is 127 cm³/mol. The number of aryl methyl sites for hydroxylation is 1. The summed E-state index contributed by atoms with van der Waals surface area (Å²) >= 11 is 0. The minimum Gasteiger partial charge on any atom is -0.467 e. The number of nitrogens with one attached hydrogen (secondary N) is 1. The minimum absolute atomic E-state index is 0.00955. The number of hydrogen-bond donors (Lipinski definition) is 1. The molecular weight excluding hydrogens is 467 g/mol. The van der Waals surface area contributed by atoms with Crippen molar-refractivity contribution >= 4 is 11.8 Å². The molecule has 1 atom stereocenters. The largest absolute Gasteiger partial charge is 0.467 e. The summed E-state index contributed by atoms with van der Waals surface area (Å²) in [4.78, 5) is 29.6. The third-order valence-corrected chi connectivity index (χ3v) is 5.16. The van der Waals surface area contributed by atoms with Gasteiger partial charge in [0, 0.05) is 5.54 Å². The first kappa shape index (κ1) is 24.8. The second-order valence-electron chi connectivity index (χ2n) is 9.35. The van der Waals surface area contributed by atoms with Gasteiger partial charge in [0.1, 0.15) is 29.9 Å². The lowest BCUT2D eigenvalue weighted by Crippen LogP contribution is -2.49. The van der Waals surface area contributed by atoms with E-state index in [9.17, 15) is 14.0 Å². The van der Waals surface area contributed by atoms with Crippen LogP contribution in [0.5, 0.6) is 0 Å². The number of tetrazole rings is 1. The molecule has 0 unspecified atom stereocenters. The Kier molecular flexibility index (Phi) is 7.00. The van der Waals surface area contributed by atoms with Crippen molar-refractivity contribution in [3.05, 3.63) is 77.7 Å². The Bertz CT molecular complexity index is 1320. The Morgan fingerprint density at radius 1 is 1.14 bits per heavy atom. The molecule has 3 heterocycles. The number of rotatable bonds is 8. The van der Waals surface area contributed by atoms with Crippen LogP contribution in [0.2, 0.25) is 0 Å². The maximum atomic E-state index is 13.7. The van der Waals surface area contributed by atoms with E-state index in [1.165, 1.54) is 35.4 Å². The zero-order valence-corrected chi connectivity index (χ0v) is 20.4. The fourth-order valence-corrected chi connectivity index (χ4v) is 3.63. The van der Waals surface area contributed by atoms with Gasteiger partial charge in [-0.25, -0.2) is 4.39 Å². The first-order chi connectivity index (χ1) is 17.1. The number of halogens is 1. The fraction of sp³-hybridized carbons (Fsp3) is 0.320. The summed E-state index contributed by atoms with van der Waals surface area (Å²) in [6.07, 6.45) is 1.48. The van der Waals surface area contributed by atoms with Crippen LogP contribution in [0.4, 0.5) is 4.39 Å². The highest BCUT2D eigenvalue weighted by Gasteiger charge is 2.34. The average molecular weight is 495 g/mol. The molecule has 0 aliphatic carbocycles. The molecule has 11 heteroatoms. The molecule has 0 fully saturated rings. The van der Waals surface area contributed by atoms with E-state index in [1.807, 2.05) is 20.8 Å². The van der Waals surface area contributed by atoms with Gasteiger partial charge in [-0.1, -0.05) is 12.1 Å². The van der Waals surface area contributed by atoms with E-state index in [4.69, 9.17) is 8.83 Å².